The summed E-state index contributed by atoms with van der Waals surface area (Å²) in [4.78, 5) is 11.5. The molecule has 0 aromatic heterocycles. The predicted molar refractivity (Wildman–Crippen MR) is 76.0 cm³/mol. The maximum Gasteiger partial charge on any atom is 0.340 e. The molecule has 1 atom stereocenters. The van der Waals surface area contributed by atoms with Gasteiger partial charge < -0.3 is 14.9 Å². The van der Waals surface area contributed by atoms with Crippen molar-refractivity contribution in [3.8, 4) is 16.9 Å². The van der Waals surface area contributed by atoms with Crippen LogP contribution in [0.5, 0.6) is 5.75 Å². The van der Waals surface area contributed by atoms with Gasteiger partial charge in [0.25, 0.3) is 0 Å². The third kappa shape index (κ3) is 3.16. The summed E-state index contributed by atoms with van der Waals surface area (Å²) in [7, 11) is 0. The lowest BCUT2D eigenvalue weighted by Gasteiger charge is -2.14. The molecule has 0 spiro atoms. The Balaban J connectivity index is 2.47. The Bertz CT molecular complexity index is 591. The number of carboxylic acids is 1. The number of carbonyl (C=O) groups is 1. The molecule has 0 fully saturated rings. The van der Waals surface area contributed by atoms with E-state index in [1.54, 1.807) is 25.1 Å². The van der Waals surface area contributed by atoms with Crippen LogP contribution in [0.1, 0.15) is 17.3 Å². The van der Waals surface area contributed by atoms with Gasteiger partial charge in [-0.15, -0.1) is 0 Å². The standard InChI is InChI=1S/C16H16O4/c1-11(17)10-20-14-9-5-8-13(15(14)16(18)19)12-6-3-2-4-7-12/h2-9,11,17H,10H2,1H3,(H,18,19). The van der Waals surface area contributed by atoms with E-state index in [4.69, 9.17) is 4.74 Å². The molecule has 0 saturated heterocycles. The number of aliphatic hydroxyl groups excluding tert-OH is 1. The number of ether oxygens (including phenoxy) is 1. The van der Waals surface area contributed by atoms with Gasteiger partial charge in [-0.05, 0) is 24.1 Å². The van der Waals surface area contributed by atoms with Crippen molar-refractivity contribution in [2.45, 2.75) is 13.0 Å². The molecule has 0 radical (unpaired) electrons. The highest BCUT2D eigenvalue weighted by atomic mass is 16.5. The molecule has 20 heavy (non-hydrogen) atoms. The summed E-state index contributed by atoms with van der Waals surface area (Å²) < 4.78 is 5.39. The monoisotopic (exact) mass is 272 g/mol. The third-order valence-electron chi connectivity index (χ3n) is 2.80. The summed E-state index contributed by atoms with van der Waals surface area (Å²) in [5.41, 5.74) is 1.52. The molecule has 0 heterocycles. The first-order valence-electron chi connectivity index (χ1n) is 6.32. The molecule has 0 aliphatic rings. The molecule has 4 nitrogen and oxygen atoms in total. The second-order valence-corrected chi connectivity index (χ2v) is 4.51. The fraction of sp³-hybridized carbons (Fsp3) is 0.188. The third-order valence-corrected chi connectivity index (χ3v) is 2.80. The summed E-state index contributed by atoms with van der Waals surface area (Å²) in [6.45, 7) is 1.64. The van der Waals surface area contributed by atoms with Gasteiger partial charge in [0.05, 0.1) is 6.10 Å². The summed E-state index contributed by atoms with van der Waals surface area (Å²) in [6, 6.07) is 14.4. The molecule has 4 heteroatoms. The SMILES string of the molecule is CC(O)COc1cccc(-c2ccccc2)c1C(=O)O. The minimum atomic E-state index is -1.05. The van der Waals surface area contributed by atoms with Crippen LogP contribution in [0, 0.1) is 0 Å². The number of carboxylic acid groups (broad SMARTS) is 1. The van der Waals surface area contributed by atoms with E-state index < -0.39 is 12.1 Å². The first kappa shape index (κ1) is 14.1. The largest absolute Gasteiger partial charge is 0.490 e. The van der Waals surface area contributed by atoms with Gasteiger partial charge in [0.15, 0.2) is 0 Å². The predicted octanol–water partition coefficient (Wildman–Crippen LogP) is 2.81. The quantitative estimate of drug-likeness (QED) is 0.878. The van der Waals surface area contributed by atoms with Crippen LogP contribution in [0.2, 0.25) is 0 Å². The van der Waals surface area contributed by atoms with Gasteiger partial charge in [0, 0.05) is 0 Å². The van der Waals surface area contributed by atoms with Crippen LogP contribution in [0.3, 0.4) is 0 Å². The topological polar surface area (TPSA) is 66.8 Å². The molecule has 0 bridgehead atoms. The molecule has 0 saturated carbocycles. The molecule has 0 aliphatic heterocycles. The number of hydrogen-bond donors (Lipinski definition) is 2. The number of rotatable bonds is 5. The van der Waals surface area contributed by atoms with Gasteiger partial charge in [-0.25, -0.2) is 4.79 Å². The molecule has 2 N–H and O–H groups in total. The molecule has 2 aromatic carbocycles. The summed E-state index contributed by atoms with van der Waals surface area (Å²) in [5.74, 6) is -0.787. The minimum absolute atomic E-state index is 0.0541. The van der Waals surface area contributed by atoms with Crippen molar-refractivity contribution in [2.75, 3.05) is 6.61 Å². The highest BCUT2D eigenvalue weighted by molar-refractivity contribution is 5.99. The van der Waals surface area contributed by atoms with Gasteiger partial charge in [-0.2, -0.15) is 0 Å². The molecule has 2 aromatic rings. The number of aromatic carboxylic acids is 1. The van der Waals surface area contributed by atoms with Crippen molar-refractivity contribution in [2.24, 2.45) is 0 Å². The van der Waals surface area contributed by atoms with Gasteiger partial charge in [-0.1, -0.05) is 42.5 Å². The molecule has 1 unspecified atom stereocenters. The number of benzene rings is 2. The number of aliphatic hydroxyl groups is 1. The first-order valence-corrected chi connectivity index (χ1v) is 6.32. The Hall–Kier alpha value is -2.33. The van der Waals surface area contributed by atoms with Crippen LogP contribution in [0.4, 0.5) is 0 Å². The van der Waals surface area contributed by atoms with Crippen molar-refractivity contribution >= 4 is 5.97 Å². The van der Waals surface area contributed by atoms with Crippen LogP contribution in [-0.2, 0) is 0 Å². The Morgan fingerprint density at radius 3 is 2.45 bits per heavy atom. The van der Waals surface area contributed by atoms with E-state index >= 15 is 0 Å². The van der Waals surface area contributed by atoms with E-state index in [1.807, 2.05) is 30.3 Å². The molecular formula is C16H16O4. The summed E-state index contributed by atoms with van der Waals surface area (Å²) in [5, 5.41) is 18.7. The van der Waals surface area contributed by atoms with E-state index in [1.165, 1.54) is 0 Å². The van der Waals surface area contributed by atoms with Crippen molar-refractivity contribution in [1.82, 2.24) is 0 Å². The molecule has 104 valence electrons. The number of hydrogen-bond acceptors (Lipinski definition) is 3. The van der Waals surface area contributed by atoms with Crippen molar-refractivity contribution in [1.29, 1.82) is 0 Å². The Kier molecular flexibility index (Phi) is 4.38. The minimum Gasteiger partial charge on any atom is -0.490 e. The highest BCUT2D eigenvalue weighted by Gasteiger charge is 2.18. The van der Waals surface area contributed by atoms with E-state index in [9.17, 15) is 15.0 Å². The van der Waals surface area contributed by atoms with Gasteiger partial charge in [-0.3, -0.25) is 0 Å². The lowest BCUT2D eigenvalue weighted by Crippen LogP contribution is -2.15. The Morgan fingerprint density at radius 2 is 1.85 bits per heavy atom. The van der Waals surface area contributed by atoms with Crippen molar-refractivity contribution < 1.29 is 19.7 Å². The lowest BCUT2D eigenvalue weighted by atomic mass is 9.99. The van der Waals surface area contributed by atoms with Crippen LogP contribution in [0.25, 0.3) is 11.1 Å². The second-order valence-electron chi connectivity index (χ2n) is 4.51. The molecular weight excluding hydrogens is 256 g/mol. The maximum atomic E-state index is 11.5. The van der Waals surface area contributed by atoms with Crippen LogP contribution < -0.4 is 4.74 Å². The van der Waals surface area contributed by atoms with Gasteiger partial charge in [0.1, 0.15) is 17.9 Å². The zero-order valence-electron chi connectivity index (χ0n) is 11.1. The second kappa shape index (κ2) is 6.21. The summed E-state index contributed by atoms with van der Waals surface area (Å²) >= 11 is 0. The fourth-order valence-electron chi connectivity index (χ4n) is 1.94. The van der Waals surface area contributed by atoms with Crippen molar-refractivity contribution in [3.63, 3.8) is 0 Å². The zero-order valence-corrected chi connectivity index (χ0v) is 11.1. The van der Waals surface area contributed by atoms with E-state index in [0.717, 1.165) is 5.56 Å². The van der Waals surface area contributed by atoms with Crippen LogP contribution in [0.15, 0.2) is 48.5 Å². The smallest absolute Gasteiger partial charge is 0.340 e. The average molecular weight is 272 g/mol. The Morgan fingerprint density at radius 1 is 1.15 bits per heavy atom. The van der Waals surface area contributed by atoms with E-state index in [-0.39, 0.29) is 17.9 Å². The maximum absolute atomic E-state index is 11.5. The fourth-order valence-corrected chi connectivity index (χ4v) is 1.94. The van der Waals surface area contributed by atoms with Crippen molar-refractivity contribution in [3.05, 3.63) is 54.1 Å². The summed E-state index contributed by atoms with van der Waals surface area (Å²) in [6.07, 6.45) is -0.656. The molecule has 0 amide bonds. The lowest BCUT2D eigenvalue weighted by molar-refractivity contribution is 0.0686. The van der Waals surface area contributed by atoms with E-state index in [0.29, 0.717) is 5.56 Å². The van der Waals surface area contributed by atoms with Crippen LogP contribution >= 0.6 is 0 Å². The van der Waals surface area contributed by atoms with Crippen LogP contribution in [-0.4, -0.2) is 28.9 Å². The molecule has 0 aliphatic carbocycles. The zero-order chi connectivity index (χ0) is 14.5. The first-order chi connectivity index (χ1) is 9.59. The van der Waals surface area contributed by atoms with E-state index in [2.05, 4.69) is 0 Å². The molecule has 2 rings (SSSR count). The average Bonchev–Trinajstić information content (AvgIpc) is 2.45. The van der Waals surface area contributed by atoms with Gasteiger partial charge >= 0.3 is 5.97 Å². The normalized spacial score (nSPS) is 11.9. The Labute approximate surface area is 117 Å². The highest BCUT2D eigenvalue weighted by Crippen LogP contribution is 2.30. The van der Waals surface area contributed by atoms with Gasteiger partial charge in [0.2, 0.25) is 0 Å².